The normalized spacial score (nSPS) is 15.1. The maximum Gasteiger partial charge on any atom is 0.416 e. The third kappa shape index (κ3) is 6.66. The third-order valence-corrected chi connectivity index (χ3v) is 6.38. The number of rotatable bonds is 4. The molecule has 1 aliphatic heterocycles. The Balaban J connectivity index is 1.78. The summed E-state index contributed by atoms with van der Waals surface area (Å²) in [5.74, 6) is 0.745. The number of ether oxygens (including phenoxy) is 2. The molecule has 0 N–H and O–H groups in total. The van der Waals surface area contributed by atoms with E-state index in [-0.39, 0.29) is 18.1 Å². The Morgan fingerprint density at radius 3 is 2.26 bits per heavy atom. The summed E-state index contributed by atoms with van der Waals surface area (Å²) in [6, 6.07) is 5.44. The van der Waals surface area contributed by atoms with E-state index in [1.54, 1.807) is 26.7 Å². The predicted molar refractivity (Wildman–Crippen MR) is 150 cm³/mol. The maximum atomic E-state index is 13.8. The monoisotopic (exact) mass is 536 g/mol. The van der Waals surface area contributed by atoms with Gasteiger partial charge in [-0.15, -0.1) is 0 Å². The summed E-state index contributed by atoms with van der Waals surface area (Å²) in [6.45, 7) is 16.2. The molecule has 4 rings (SSSR count). The highest BCUT2D eigenvalue weighted by Crippen LogP contribution is 2.32. The van der Waals surface area contributed by atoms with Gasteiger partial charge in [0.1, 0.15) is 17.0 Å². The van der Waals surface area contributed by atoms with Crippen LogP contribution in [0.2, 0.25) is 0 Å². The van der Waals surface area contributed by atoms with Crippen molar-refractivity contribution >= 4 is 23.7 Å². The van der Waals surface area contributed by atoms with Gasteiger partial charge in [0.25, 0.3) is 0 Å². The van der Waals surface area contributed by atoms with Gasteiger partial charge in [-0.3, -0.25) is 9.88 Å². The molecule has 0 unspecified atom stereocenters. The molecule has 0 bridgehead atoms. The van der Waals surface area contributed by atoms with Crippen LogP contribution in [-0.4, -0.2) is 67.0 Å². The molecule has 1 aliphatic rings. The van der Waals surface area contributed by atoms with E-state index in [9.17, 15) is 9.59 Å². The van der Waals surface area contributed by atoms with Crippen molar-refractivity contribution in [1.82, 2.24) is 24.5 Å². The van der Waals surface area contributed by atoms with Crippen LogP contribution in [0.25, 0.3) is 16.9 Å². The molecule has 3 aromatic rings. The van der Waals surface area contributed by atoms with Crippen molar-refractivity contribution in [1.29, 1.82) is 0 Å². The fourth-order valence-electron chi connectivity index (χ4n) is 4.58. The van der Waals surface area contributed by atoms with E-state index < -0.39 is 17.3 Å². The fourth-order valence-corrected chi connectivity index (χ4v) is 4.58. The van der Waals surface area contributed by atoms with Crippen molar-refractivity contribution in [2.24, 2.45) is 0 Å². The Morgan fingerprint density at radius 2 is 1.69 bits per heavy atom. The van der Waals surface area contributed by atoms with Gasteiger partial charge in [-0.2, -0.15) is 9.61 Å². The molecule has 0 aliphatic carbocycles. The molecule has 0 atom stereocenters. The van der Waals surface area contributed by atoms with Gasteiger partial charge in [-0.25, -0.2) is 14.6 Å². The van der Waals surface area contributed by atoms with Crippen molar-refractivity contribution in [2.75, 3.05) is 18.0 Å². The summed E-state index contributed by atoms with van der Waals surface area (Å²) < 4.78 is 13.2. The van der Waals surface area contributed by atoms with Crippen LogP contribution in [0.4, 0.5) is 15.4 Å². The molecule has 10 heteroatoms. The lowest BCUT2D eigenvalue weighted by Gasteiger charge is -2.39. The number of aromatic nitrogens is 4. The number of likely N-dealkylation sites (tertiary alicyclic amines) is 1. The molecule has 3 aromatic heterocycles. The largest absolute Gasteiger partial charge is 0.444 e. The third-order valence-electron chi connectivity index (χ3n) is 6.38. The van der Waals surface area contributed by atoms with Crippen molar-refractivity contribution in [2.45, 2.75) is 91.4 Å². The molecular weight excluding hydrogens is 496 g/mol. The summed E-state index contributed by atoms with van der Waals surface area (Å²) in [4.78, 5) is 39.1. The Bertz CT molecular complexity index is 1320. The number of fused-ring (bicyclic) bond motifs is 1. The highest BCUT2D eigenvalue weighted by molar-refractivity contribution is 5.89. The average Bonchev–Trinajstić information content (AvgIpc) is 3.27. The van der Waals surface area contributed by atoms with Crippen molar-refractivity contribution < 1.29 is 19.1 Å². The van der Waals surface area contributed by atoms with Crippen LogP contribution in [0.15, 0.2) is 36.8 Å². The minimum absolute atomic E-state index is 0.180. The van der Waals surface area contributed by atoms with Gasteiger partial charge in [0.15, 0.2) is 5.65 Å². The summed E-state index contributed by atoms with van der Waals surface area (Å²) in [7, 11) is 0. The number of anilines is 1. The Kier molecular flexibility index (Phi) is 7.86. The lowest BCUT2D eigenvalue weighted by atomic mass is 10.0. The Labute approximate surface area is 230 Å². The number of carbonyl (C=O) groups is 2. The zero-order valence-corrected chi connectivity index (χ0v) is 24.3. The van der Waals surface area contributed by atoms with E-state index in [1.165, 1.54) is 0 Å². The van der Waals surface area contributed by atoms with Crippen LogP contribution >= 0.6 is 0 Å². The number of piperidine rings is 1. The average molecular weight is 537 g/mol. The molecule has 0 aromatic carbocycles. The molecule has 39 heavy (non-hydrogen) atoms. The Morgan fingerprint density at radius 1 is 1.03 bits per heavy atom. The lowest BCUT2D eigenvalue weighted by Crippen LogP contribution is -2.51. The summed E-state index contributed by atoms with van der Waals surface area (Å²) in [6.07, 6.45) is 5.58. The molecule has 210 valence electrons. The van der Waals surface area contributed by atoms with Crippen molar-refractivity contribution in [3.8, 4) is 11.3 Å². The first-order valence-electron chi connectivity index (χ1n) is 13.5. The first-order chi connectivity index (χ1) is 18.2. The molecule has 0 radical (unpaired) electrons. The second-order valence-electron chi connectivity index (χ2n) is 12.3. The molecule has 10 nitrogen and oxygen atoms in total. The summed E-state index contributed by atoms with van der Waals surface area (Å²) in [5.41, 5.74) is 1.91. The summed E-state index contributed by atoms with van der Waals surface area (Å²) >= 11 is 0. The van der Waals surface area contributed by atoms with Crippen molar-refractivity contribution in [3.05, 3.63) is 42.4 Å². The van der Waals surface area contributed by atoms with Crippen LogP contribution < -0.4 is 4.90 Å². The zero-order chi connectivity index (χ0) is 28.5. The van der Waals surface area contributed by atoms with Gasteiger partial charge < -0.3 is 14.4 Å². The first kappa shape index (κ1) is 28.3. The number of hydrogen-bond acceptors (Lipinski definition) is 7. The number of pyridine rings is 1. The van der Waals surface area contributed by atoms with E-state index in [1.807, 2.05) is 65.9 Å². The fraction of sp³-hybridized carbons (Fsp3) is 0.552. The molecule has 0 saturated carbocycles. The van der Waals surface area contributed by atoms with Crippen molar-refractivity contribution in [3.63, 3.8) is 0 Å². The van der Waals surface area contributed by atoms with Gasteiger partial charge in [0, 0.05) is 48.7 Å². The number of hydrogen-bond donors (Lipinski definition) is 0. The first-order valence-corrected chi connectivity index (χ1v) is 13.5. The van der Waals surface area contributed by atoms with Crippen LogP contribution in [-0.2, 0) is 9.47 Å². The molecule has 1 saturated heterocycles. The van der Waals surface area contributed by atoms with Gasteiger partial charge in [-0.05, 0) is 72.4 Å². The van der Waals surface area contributed by atoms with Gasteiger partial charge in [0.2, 0.25) is 0 Å². The van der Waals surface area contributed by atoms with Gasteiger partial charge in [-0.1, -0.05) is 13.8 Å². The summed E-state index contributed by atoms with van der Waals surface area (Å²) in [5, 5.41) is 4.66. The van der Waals surface area contributed by atoms with Crippen LogP contribution in [0, 0.1) is 0 Å². The topological polar surface area (TPSA) is 102 Å². The minimum Gasteiger partial charge on any atom is -0.444 e. The molecule has 4 heterocycles. The smallest absolute Gasteiger partial charge is 0.416 e. The molecule has 2 amide bonds. The minimum atomic E-state index is -0.696. The number of carbonyl (C=O) groups excluding carboxylic acids is 2. The van der Waals surface area contributed by atoms with Gasteiger partial charge in [0.05, 0.1) is 11.9 Å². The highest BCUT2D eigenvalue weighted by atomic mass is 16.6. The van der Waals surface area contributed by atoms with E-state index in [0.717, 1.165) is 11.1 Å². The van der Waals surface area contributed by atoms with E-state index in [0.29, 0.717) is 43.1 Å². The van der Waals surface area contributed by atoms with E-state index in [2.05, 4.69) is 23.9 Å². The van der Waals surface area contributed by atoms with Crippen LogP contribution in [0.3, 0.4) is 0 Å². The second kappa shape index (κ2) is 10.8. The molecular formula is C29H40N6O4. The predicted octanol–water partition coefficient (Wildman–Crippen LogP) is 6.06. The number of nitrogens with zero attached hydrogens (tertiary/aromatic N) is 6. The second-order valence-corrected chi connectivity index (χ2v) is 12.3. The molecule has 1 fully saturated rings. The van der Waals surface area contributed by atoms with E-state index in [4.69, 9.17) is 14.5 Å². The van der Waals surface area contributed by atoms with E-state index >= 15 is 0 Å². The molecule has 0 spiro atoms. The van der Waals surface area contributed by atoms with Crippen LogP contribution in [0.5, 0.6) is 0 Å². The highest BCUT2D eigenvalue weighted by Gasteiger charge is 2.36. The van der Waals surface area contributed by atoms with Crippen LogP contribution in [0.1, 0.15) is 79.7 Å². The Hall–Kier alpha value is -3.69. The van der Waals surface area contributed by atoms with Gasteiger partial charge >= 0.3 is 12.2 Å². The SMILES string of the molecule is CC(C)c1cnn2c(N(C(=O)OC(C)(C)C)C3CCN(C(=O)OC(C)(C)C)CC3)cc(-c3cccnc3)nc12. The number of amides is 2. The lowest BCUT2D eigenvalue weighted by molar-refractivity contribution is 0.0200. The standard InChI is InChI=1S/C29H40N6O4/c1-19(2)22-18-31-35-24(16-23(32-25(22)35)20-10-9-13-30-17-20)34(27(37)39-29(6,7)8)21-11-14-33(15-12-21)26(36)38-28(3,4)5/h9-10,13,16-19,21H,11-12,14-15H2,1-8H3. The zero-order valence-electron chi connectivity index (χ0n) is 24.3. The maximum absolute atomic E-state index is 13.8. The quantitative estimate of drug-likeness (QED) is 0.400.